The van der Waals surface area contributed by atoms with E-state index in [1.54, 1.807) is 23.0 Å². The molecular weight excluding hydrogens is 378 g/mol. The lowest BCUT2D eigenvalue weighted by Gasteiger charge is -2.16. The summed E-state index contributed by atoms with van der Waals surface area (Å²) >= 11 is 0. The van der Waals surface area contributed by atoms with Gasteiger partial charge in [-0.2, -0.15) is 9.40 Å². The zero-order valence-corrected chi connectivity index (χ0v) is 16.5. The molecule has 0 unspecified atom stereocenters. The van der Waals surface area contributed by atoms with Crippen LogP contribution in [0.15, 0.2) is 71.9 Å². The predicted octanol–water partition coefficient (Wildman–Crippen LogP) is 2.54. The van der Waals surface area contributed by atoms with E-state index < -0.39 is 16.0 Å². The van der Waals surface area contributed by atoms with Crippen LogP contribution < -0.4 is 0 Å². The summed E-state index contributed by atoms with van der Waals surface area (Å²) in [6.07, 6.45) is 3.52. The van der Waals surface area contributed by atoms with Gasteiger partial charge in [0.25, 0.3) is 0 Å². The number of hydrogen-bond donors (Lipinski definition) is 0. The zero-order valence-electron chi connectivity index (χ0n) is 15.6. The van der Waals surface area contributed by atoms with E-state index in [1.807, 2.05) is 43.5 Å². The molecule has 0 bridgehead atoms. The Morgan fingerprint density at radius 2 is 1.79 bits per heavy atom. The minimum atomic E-state index is -3.74. The van der Waals surface area contributed by atoms with Crippen LogP contribution in [-0.4, -0.2) is 42.1 Å². The SMILES string of the molecule is Cc1ccc(S(=O)(=O)N(C)CC(=O)OCc2ccc(-n3cccn3)cc2)cc1. The van der Waals surface area contributed by atoms with Crippen molar-refractivity contribution in [2.75, 3.05) is 13.6 Å². The van der Waals surface area contributed by atoms with Gasteiger partial charge in [-0.25, -0.2) is 13.1 Å². The second-order valence-electron chi connectivity index (χ2n) is 6.35. The molecule has 0 fully saturated rings. The standard InChI is InChI=1S/C20H21N3O4S/c1-16-4-10-19(11-5-16)28(25,26)22(2)14-20(24)27-15-17-6-8-18(9-7-17)23-13-3-12-21-23/h3-13H,14-15H2,1-2H3. The number of hydrogen-bond acceptors (Lipinski definition) is 5. The minimum absolute atomic E-state index is 0.0661. The van der Waals surface area contributed by atoms with E-state index in [9.17, 15) is 13.2 Å². The van der Waals surface area contributed by atoms with Crippen molar-refractivity contribution >= 4 is 16.0 Å². The summed E-state index contributed by atoms with van der Waals surface area (Å²) in [4.78, 5) is 12.2. The van der Waals surface area contributed by atoms with Crippen molar-refractivity contribution in [3.8, 4) is 5.69 Å². The van der Waals surface area contributed by atoms with Crippen molar-refractivity contribution in [3.05, 3.63) is 78.1 Å². The number of ether oxygens (including phenoxy) is 1. The van der Waals surface area contributed by atoms with E-state index >= 15 is 0 Å². The van der Waals surface area contributed by atoms with Gasteiger partial charge < -0.3 is 4.74 Å². The Labute approximate surface area is 164 Å². The molecule has 0 radical (unpaired) electrons. The number of esters is 1. The van der Waals surface area contributed by atoms with Gasteiger partial charge in [0.1, 0.15) is 13.2 Å². The number of aryl methyl sites for hydroxylation is 1. The fourth-order valence-electron chi connectivity index (χ4n) is 2.53. The van der Waals surface area contributed by atoms with Crippen LogP contribution >= 0.6 is 0 Å². The number of sulfonamides is 1. The van der Waals surface area contributed by atoms with Crippen molar-refractivity contribution in [2.24, 2.45) is 0 Å². The maximum absolute atomic E-state index is 12.5. The molecule has 0 spiro atoms. The van der Waals surface area contributed by atoms with Crippen LogP contribution in [-0.2, 0) is 26.2 Å². The van der Waals surface area contributed by atoms with Crippen molar-refractivity contribution < 1.29 is 17.9 Å². The van der Waals surface area contributed by atoms with E-state index in [0.717, 1.165) is 21.1 Å². The fraction of sp³-hybridized carbons (Fsp3) is 0.200. The Kier molecular flexibility index (Phi) is 5.91. The highest BCUT2D eigenvalue weighted by molar-refractivity contribution is 7.89. The first-order valence-corrected chi connectivity index (χ1v) is 10.1. The highest BCUT2D eigenvalue weighted by atomic mass is 32.2. The van der Waals surface area contributed by atoms with Crippen LogP contribution in [0, 0.1) is 6.92 Å². The smallest absolute Gasteiger partial charge is 0.321 e. The van der Waals surface area contributed by atoms with E-state index in [1.165, 1.54) is 19.2 Å². The molecule has 1 heterocycles. The Bertz CT molecular complexity index is 1030. The van der Waals surface area contributed by atoms with Gasteiger partial charge in [0, 0.05) is 19.4 Å². The van der Waals surface area contributed by atoms with Gasteiger partial charge >= 0.3 is 5.97 Å². The third-order valence-electron chi connectivity index (χ3n) is 4.19. The third-order valence-corrected chi connectivity index (χ3v) is 6.00. The van der Waals surface area contributed by atoms with Gasteiger partial charge in [0.2, 0.25) is 10.0 Å². The molecule has 0 amide bonds. The molecular formula is C20H21N3O4S. The van der Waals surface area contributed by atoms with Crippen LogP contribution in [0.3, 0.4) is 0 Å². The second-order valence-corrected chi connectivity index (χ2v) is 8.40. The summed E-state index contributed by atoms with van der Waals surface area (Å²) in [5, 5.41) is 4.14. The summed E-state index contributed by atoms with van der Waals surface area (Å²) in [6.45, 7) is 1.58. The number of benzene rings is 2. The first kappa shape index (κ1) is 19.8. The van der Waals surface area contributed by atoms with E-state index in [2.05, 4.69) is 5.10 Å². The van der Waals surface area contributed by atoms with Crippen LogP contribution in [0.2, 0.25) is 0 Å². The molecule has 3 aromatic rings. The average Bonchev–Trinajstić information content (AvgIpc) is 3.22. The van der Waals surface area contributed by atoms with Crippen molar-refractivity contribution in [1.82, 2.24) is 14.1 Å². The number of carbonyl (C=O) groups excluding carboxylic acids is 1. The largest absolute Gasteiger partial charge is 0.460 e. The lowest BCUT2D eigenvalue weighted by atomic mass is 10.2. The second kappa shape index (κ2) is 8.37. The quantitative estimate of drug-likeness (QED) is 0.570. The third kappa shape index (κ3) is 4.65. The Morgan fingerprint density at radius 1 is 1.11 bits per heavy atom. The van der Waals surface area contributed by atoms with Crippen molar-refractivity contribution in [2.45, 2.75) is 18.4 Å². The fourth-order valence-corrected chi connectivity index (χ4v) is 3.65. The van der Waals surface area contributed by atoms with E-state index in [-0.39, 0.29) is 18.0 Å². The summed E-state index contributed by atoms with van der Waals surface area (Å²) in [6, 6.07) is 15.7. The molecule has 0 saturated heterocycles. The Hall–Kier alpha value is -2.97. The van der Waals surface area contributed by atoms with Crippen LogP contribution in [0.25, 0.3) is 5.69 Å². The molecule has 146 valence electrons. The molecule has 0 aliphatic rings. The summed E-state index contributed by atoms with van der Waals surface area (Å²) < 4.78 is 32.9. The van der Waals surface area contributed by atoms with Gasteiger partial charge in [-0.05, 0) is 42.8 Å². The van der Waals surface area contributed by atoms with Gasteiger partial charge in [0.15, 0.2) is 0 Å². The van der Waals surface area contributed by atoms with Gasteiger partial charge in [-0.1, -0.05) is 29.8 Å². The predicted molar refractivity (Wildman–Crippen MR) is 104 cm³/mol. The lowest BCUT2D eigenvalue weighted by Crippen LogP contribution is -2.33. The van der Waals surface area contributed by atoms with Crippen LogP contribution in [0.4, 0.5) is 0 Å². The molecule has 28 heavy (non-hydrogen) atoms. The summed E-state index contributed by atoms with van der Waals surface area (Å²) in [7, 11) is -2.39. The molecule has 3 rings (SSSR count). The van der Waals surface area contributed by atoms with Crippen molar-refractivity contribution in [3.63, 3.8) is 0 Å². The number of carbonyl (C=O) groups is 1. The Balaban J connectivity index is 1.55. The molecule has 7 nitrogen and oxygen atoms in total. The van der Waals surface area contributed by atoms with Crippen molar-refractivity contribution in [1.29, 1.82) is 0 Å². The maximum atomic E-state index is 12.5. The number of aromatic nitrogens is 2. The molecule has 0 saturated carbocycles. The highest BCUT2D eigenvalue weighted by Crippen LogP contribution is 2.15. The van der Waals surface area contributed by atoms with E-state index in [4.69, 9.17) is 4.74 Å². The van der Waals surface area contributed by atoms with Gasteiger partial charge in [-0.3, -0.25) is 4.79 Å². The molecule has 0 aliphatic carbocycles. The summed E-state index contributed by atoms with van der Waals surface area (Å²) in [5.41, 5.74) is 2.65. The average molecular weight is 399 g/mol. The maximum Gasteiger partial charge on any atom is 0.321 e. The molecule has 0 atom stereocenters. The molecule has 1 aromatic heterocycles. The first-order chi connectivity index (χ1) is 13.4. The van der Waals surface area contributed by atoms with Gasteiger partial charge in [0.05, 0.1) is 10.6 Å². The Morgan fingerprint density at radius 3 is 2.39 bits per heavy atom. The van der Waals surface area contributed by atoms with Crippen LogP contribution in [0.1, 0.15) is 11.1 Å². The number of likely N-dealkylation sites (N-methyl/N-ethyl adjacent to an activating group) is 1. The minimum Gasteiger partial charge on any atom is -0.460 e. The van der Waals surface area contributed by atoms with Gasteiger partial charge in [-0.15, -0.1) is 0 Å². The van der Waals surface area contributed by atoms with Crippen LogP contribution in [0.5, 0.6) is 0 Å². The normalized spacial score (nSPS) is 11.5. The number of nitrogens with zero attached hydrogens (tertiary/aromatic N) is 3. The lowest BCUT2D eigenvalue weighted by molar-refractivity contribution is -0.144. The monoisotopic (exact) mass is 399 g/mol. The molecule has 0 N–H and O–H groups in total. The highest BCUT2D eigenvalue weighted by Gasteiger charge is 2.23. The summed E-state index contributed by atoms with van der Waals surface area (Å²) in [5.74, 6) is -0.616. The van der Waals surface area contributed by atoms with E-state index in [0.29, 0.717) is 0 Å². The topological polar surface area (TPSA) is 81.5 Å². The molecule has 0 aliphatic heterocycles. The number of rotatable bonds is 7. The molecule has 2 aromatic carbocycles. The zero-order chi connectivity index (χ0) is 20.1. The first-order valence-electron chi connectivity index (χ1n) is 8.64. The molecule has 8 heteroatoms.